The summed E-state index contributed by atoms with van der Waals surface area (Å²) in [6.45, 7) is 1.92. The third-order valence-electron chi connectivity index (χ3n) is 4.64. The Hall–Kier alpha value is -2.89. The molecular weight excluding hydrogens is 318 g/mol. The molecule has 4 rings (SSSR count). The Morgan fingerprint density at radius 2 is 2.08 bits per heavy atom. The summed E-state index contributed by atoms with van der Waals surface area (Å²) in [7, 11) is 0. The molecule has 0 unspecified atom stereocenters. The number of nitrogens with two attached hydrogens (primary N) is 1. The zero-order valence-electron chi connectivity index (χ0n) is 14.0. The molecule has 1 amide bonds. The van der Waals surface area contributed by atoms with E-state index < -0.39 is 0 Å². The van der Waals surface area contributed by atoms with E-state index in [-0.39, 0.29) is 12.7 Å². The first kappa shape index (κ1) is 15.6. The van der Waals surface area contributed by atoms with Crippen LogP contribution in [0, 0.1) is 0 Å². The molecule has 2 aromatic carbocycles. The summed E-state index contributed by atoms with van der Waals surface area (Å²) in [5.74, 6) is 1.47. The molecule has 6 nitrogen and oxygen atoms in total. The number of nitrogen functional groups attached to an aromatic ring is 1. The van der Waals surface area contributed by atoms with E-state index in [2.05, 4.69) is 10.2 Å². The maximum atomic E-state index is 12.4. The zero-order valence-corrected chi connectivity index (χ0v) is 14.0. The number of benzene rings is 2. The van der Waals surface area contributed by atoms with Crippen LogP contribution in [0.15, 0.2) is 36.4 Å². The first-order valence-corrected chi connectivity index (χ1v) is 8.48. The van der Waals surface area contributed by atoms with Gasteiger partial charge in [0.05, 0.1) is 6.54 Å². The Bertz CT molecular complexity index is 806. The summed E-state index contributed by atoms with van der Waals surface area (Å²) < 4.78 is 10.7. The summed E-state index contributed by atoms with van der Waals surface area (Å²) in [6.07, 6.45) is 1.98. The maximum absolute atomic E-state index is 12.4. The lowest BCUT2D eigenvalue weighted by Crippen LogP contribution is -2.39. The van der Waals surface area contributed by atoms with E-state index in [0.717, 1.165) is 53.4 Å². The smallest absolute Gasteiger partial charge is 0.239 e. The van der Waals surface area contributed by atoms with Crippen molar-refractivity contribution in [3.63, 3.8) is 0 Å². The van der Waals surface area contributed by atoms with Gasteiger partial charge in [0.25, 0.3) is 0 Å². The largest absolute Gasteiger partial charge is 0.454 e. The van der Waals surface area contributed by atoms with E-state index in [1.165, 1.54) is 0 Å². The minimum atomic E-state index is -0.00654. The summed E-state index contributed by atoms with van der Waals surface area (Å²) in [6, 6.07) is 11.6. The number of nitrogens with one attached hydrogen (secondary N) is 1. The molecule has 0 atom stereocenters. The number of hydrogen-bond donors (Lipinski definition) is 2. The van der Waals surface area contributed by atoms with Crippen LogP contribution in [0.5, 0.6) is 11.5 Å². The van der Waals surface area contributed by atoms with Gasteiger partial charge >= 0.3 is 0 Å². The highest BCUT2D eigenvalue weighted by Gasteiger charge is 2.20. The quantitative estimate of drug-likeness (QED) is 0.834. The van der Waals surface area contributed by atoms with Crippen LogP contribution in [0.25, 0.3) is 0 Å². The molecule has 2 aliphatic heterocycles. The molecule has 0 saturated carbocycles. The van der Waals surface area contributed by atoms with Crippen molar-refractivity contribution in [2.45, 2.75) is 19.4 Å². The van der Waals surface area contributed by atoms with Gasteiger partial charge in [0.2, 0.25) is 12.7 Å². The van der Waals surface area contributed by atoms with Crippen molar-refractivity contribution in [1.82, 2.24) is 5.32 Å². The number of hydrogen-bond acceptors (Lipinski definition) is 5. The molecule has 2 heterocycles. The van der Waals surface area contributed by atoms with Crippen LogP contribution >= 0.6 is 0 Å². The van der Waals surface area contributed by atoms with Crippen molar-refractivity contribution in [2.75, 3.05) is 30.5 Å². The highest BCUT2D eigenvalue weighted by molar-refractivity contribution is 5.82. The first-order valence-electron chi connectivity index (χ1n) is 8.48. The SMILES string of the molecule is Nc1cccc2c1CCCN2CC(=O)NCc1ccc2c(c1)OCO2. The van der Waals surface area contributed by atoms with Crippen LogP contribution in [0.4, 0.5) is 11.4 Å². The summed E-state index contributed by atoms with van der Waals surface area (Å²) in [5, 5.41) is 2.97. The predicted octanol–water partition coefficient (Wildman–Crippen LogP) is 2.07. The molecule has 6 heteroatoms. The number of ether oxygens (including phenoxy) is 2. The van der Waals surface area contributed by atoms with Gasteiger partial charge in [-0.1, -0.05) is 12.1 Å². The fourth-order valence-corrected chi connectivity index (χ4v) is 3.37. The van der Waals surface area contributed by atoms with Gasteiger partial charge in [0.15, 0.2) is 11.5 Å². The Balaban J connectivity index is 1.38. The molecular formula is C19H21N3O3. The number of carbonyl (C=O) groups is 1. The fourth-order valence-electron chi connectivity index (χ4n) is 3.37. The first-order chi connectivity index (χ1) is 12.2. The summed E-state index contributed by atoms with van der Waals surface area (Å²) >= 11 is 0. The van der Waals surface area contributed by atoms with E-state index in [9.17, 15) is 4.79 Å². The van der Waals surface area contributed by atoms with E-state index in [1.807, 2.05) is 36.4 Å². The fraction of sp³-hybridized carbons (Fsp3) is 0.316. The molecule has 2 aromatic rings. The van der Waals surface area contributed by atoms with Crippen molar-refractivity contribution < 1.29 is 14.3 Å². The average Bonchev–Trinajstić information content (AvgIpc) is 3.09. The highest BCUT2D eigenvalue weighted by atomic mass is 16.7. The molecule has 0 radical (unpaired) electrons. The lowest BCUT2D eigenvalue weighted by molar-refractivity contribution is -0.119. The average molecular weight is 339 g/mol. The van der Waals surface area contributed by atoms with Gasteiger partial charge in [0, 0.05) is 24.5 Å². The molecule has 0 spiro atoms. The highest BCUT2D eigenvalue weighted by Crippen LogP contribution is 2.33. The molecule has 0 aromatic heterocycles. The van der Waals surface area contributed by atoms with Gasteiger partial charge in [-0.2, -0.15) is 0 Å². The van der Waals surface area contributed by atoms with Crippen molar-refractivity contribution in [3.05, 3.63) is 47.5 Å². The van der Waals surface area contributed by atoms with Crippen LogP contribution in [0.3, 0.4) is 0 Å². The Labute approximate surface area is 146 Å². The van der Waals surface area contributed by atoms with Crippen LogP contribution in [0.1, 0.15) is 17.5 Å². The Kier molecular flexibility index (Phi) is 4.09. The lowest BCUT2D eigenvalue weighted by atomic mass is 10.00. The van der Waals surface area contributed by atoms with Crippen LogP contribution in [0.2, 0.25) is 0 Å². The van der Waals surface area contributed by atoms with Gasteiger partial charge in [-0.15, -0.1) is 0 Å². The predicted molar refractivity (Wildman–Crippen MR) is 95.8 cm³/mol. The minimum absolute atomic E-state index is 0.00654. The lowest BCUT2D eigenvalue weighted by Gasteiger charge is -2.31. The second kappa shape index (κ2) is 6.55. The second-order valence-electron chi connectivity index (χ2n) is 6.33. The van der Waals surface area contributed by atoms with Gasteiger partial charge in [0.1, 0.15) is 0 Å². The Morgan fingerprint density at radius 1 is 1.20 bits per heavy atom. The molecule has 0 aliphatic carbocycles. The molecule has 2 aliphatic rings. The maximum Gasteiger partial charge on any atom is 0.239 e. The van der Waals surface area contributed by atoms with E-state index in [1.54, 1.807) is 0 Å². The third-order valence-corrected chi connectivity index (χ3v) is 4.64. The molecule has 0 fully saturated rings. The second-order valence-corrected chi connectivity index (χ2v) is 6.33. The zero-order chi connectivity index (χ0) is 17.2. The number of rotatable bonds is 4. The van der Waals surface area contributed by atoms with Crippen molar-refractivity contribution >= 4 is 17.3 Å². The monoisotopic (exact) mass is 339 g/mol. The van der Waals surface area contributed by atoms with Crippen molar-refractivity contribution in [1.29, 1.82) is 0 Å². The molecule has 3 N–H and O–H groups in total. The minimum Gasteiger partial charge on any atom is -0.454 e. The number of nitrogens with zero attached hydrogens (tertiary/aromatic N) is 1. The summed E-state index contributed by atoms with van der Waals surface area (Å²) in [5.41, 5.74) is 10.1. The molecule has 25 heavy (non-hydrogen) atoms. The van der Waals surface area contributed by atoms with Gasteiger partial charge in [-0.05, 0) is 48.2 Å². The number of fused-ring (bicyclic) bond motifs is 2. The van der Waals surface area contributed by atoms with Crippen molar-refractivity contribution in [3.8, 4) is 11.5 Å². The van der Waals surface area contributed by atoms with E-state index in [0.29, 0.717) is 13.1 Å². The third kappa shape index (κ3) is 3.20. The number of carbonyl (C=O) groups excluding carboxylic acids is 1. The van der Waals surface area contributed by atoms with Gasteiger partial charge in [-0.3, -0.25) is 4.79 Å². The van der Waals surface area contributed by atoms with Gasteiger partial charge in [-0.25, -0.2) is 0 Å². The van der Waals surface area contributed by atoms with Gasteiger partial charge < -0.3 is 25.4 Å². The van der Waals surface area contributed by atoms with E-state index >= 15 is 0 Å². The number of anilines is 2. The topological polar surface area (TPSA) is 76.8 Å². The molecule has 0 bridgehead atoms. The van der Waals surface area contributed by atoms with Crippen LogP contribution < -0.4 is 25.4 Å². The van der Waals surface area contributed by atoms with E-state index in [4.69, 9.17) is 15.2 Å². The standard InChI is InChI=1S/C19H21N3O3/c20-15-4-1-5-16-14(15)3-2-8-22(16)11-19(23)21-10-13-6-7-17-18(9-13)25-12-24-17/h1,4-7,9H,2-3,8,10-12,20H2,(H,21,23). The van der Waals surface area contributed by atoms with Crippen LogP contribution in [-0.2, 0) is 17.8 Å². The van der Waals surface area contributed by atoms with Crippen molar-refractivity contribution in [2.24, 2.45) is 0 Å². The molecule has 130 valence electrons. The summed E-state index contributed by atoms with van der Waals surface area (Å²) in [4.78, 5) is 14.5. The molecule has 0 saturated heterocycles. The Morgan fingerprint density at radius 3 is 3.00 bits per heavy atom. The number of amides is 1. The van der Waals surface area contributed by atoms with Crippen LogP contribution in [-0.4, -0.2) is 25.8 Å². The normalized spacial score (nSPS) is 15.0.